The van der Waals surface area contributed by atoms with Gasteiger partial charge in [0.15, 0.2) is 0 Å². The van der Waals surface area contributed by atoms with Crippen LogP contribution >= 0.6 is 0 Å². The smallest absolute Gasteiger partial charge is 0.285 e. The third kappa shape index (κ3) is 2.61. The van der Waals surface area contributed by atoms with Crippen LogP contribution in [0.4, 0.5) is 11.4 Å². The maximum Gasteiger partial charge on any atom is 0.285 e. The molecular formula is C14H17N2O3+. The molecule has 0 heterocycles. The Balaban J connectivity index is 2.48. The molecule has 1 aliphatic rings. The Morgan fingerprint density at radius 2 is 2.16 bits per heavy atom. The van der Waals surface area contributed by atoms with Crippen LogP contribution in [0.5, 0.6) is 0 Å². The summed E-state index contributed by atoms with van der Waals surface area (Å²) in [5.74, 6) is 0.767. The molecule has 1 aromatic carbocycles. The summed E-state index contributed by atoms with van der Waals surface area (Å²) in [6.45, 7) is 1.86. The lowest BCUT2D eigenvalue weighted by Crippen LogP contribution is -2.16. The highest BCUT2D eigenvalue weighted by atomic mass is 16.5. The summed E-state index contributed by atoms with van der Waals surface area (Å²) >= 11 is 0. The highest BCUT2D eigenvalue weighted by Crippen LogP contribution is 2.28. The van der Waals surface area contributed by atoms with E-state index in [1.54, 1.807) is 25.3 Å². The topological polar surface area (TPSA) is 64.7 Å². The Bertz CT molecular complexity index is 574. The van der Waals surface area contributed by atoms with Crippen molar-refractivity contribution in [2.75, 3.05) is 12.6 Å². The summed E-state index contributed by atoms with van der Waals surface area (Å²) in [7, 11) is 1.60. The van der Waals surface area contributed by atoms with E-state index in [-0.39, 0.29) is 0 Å². The number of ether oxygens (including phenoxy) is 1. The van der Waals surface area contributed by atoms with Crippen molar-refractivity contribution in [1.82, 2.24) is 0 Å². The minimum absolute atomic E-state index is 0.442. The van der Waals surface area contributed by atoms with Gasteiger partial charge in [0.05, 0.1) is 13.5 Å². The normalized spacial score (nSPS) is 16.9. The van der Waals surface area contributed by atoms with E-state index < -0.39 is 0 Å². The fourth-order valence-corrected chi connectivity index (χ4v) is 2.02. The van der Waals surface area contributed by atoms with Gasteiger partial charge in [0, 0.05) is 16.4 Å². The van der Waals surface area contributed by atoms with Crippen molar-refractivity contribution >= 4 is 17.1 Å². The van der Waals surface area contributed by atoms with Crippen molar-refractivity contribution < 1.29 is 19.9 Å². The molecule has 0 saturated carbocycles. The molecule has 1 aliphatic carbocycles. The van der Waals surface area contributed by atoms with Crippen LogP contribution in [0.2, 0.25) is 0 Å². The molecule has 2 rings (SSSR count). The second kappa shape index (κ2) is 5.58. The molecule has 0 aliphatic heterocycles. The SMILES string of the molecule is COC1=CC=C/C(=[N+](\O)c2c(C)cccc2NO)C1. The van der Waals surface area contributed by atoms with Gasteiger partial charge in [0.25, 0.3) is 5.69 Å². The first-order valence-electron chi connectivity index (χ1n) is 5.93. The quantitative estimate of drug-likeness (QED) is 0.445. The maximum absolute atomic E-state index is 10.4. The third-order valence-electron chi connectivity index (χ3n) is 3.03. The Morgan fingerprint density at radius 3 is 2.84 bits per heavy atom. The van der Waals surface area contributed by atoms with Gasteiger partial charge < -0.3 is 4.74 Å². The van der Waals surface area contributed by atoms with Gasteiger partial charge in [-0.25, -0.2) is 0 Å². The van der Waals surface area contributed by atoms with Gasteiger partial charge >= 0.3 is 0 Å². The molecule has 0 amide bonds. The lowest BCUT2D eigenvalue weighted by molar-refractivity contribution is -0.712. The van der Waals surface area contributed by atoms with E-state index in [0.717, 1.165) is 16.1 Å². The van der Waals surface area contributed by atoms with E-state index in [2.05, 4.69) is 5.48 Å². The van der Waals surface area contributed by atoms with E-state index >= 15 is 0 Å². The zero-order valence-electron chi connectivity index (χ0n) is 10.9. The van der Waals surface area contributed by atoms with Gasteiger partial charge in [-0.15, -0.1) is 0 Å². The standard InChI is InChI=1S/C14H17N2O3/c1-10-5-3-8-13(15-17)14(10)16(18)11-6-4-7-12(9-11)19-2/h3-8,15,17-18H,9H2,1-2H3/q+1/b16-11+. The predicted octanol–water partition coefficient (Wildman–Crippen LogP) is 2.76. The van der Waals surface area contributed by atoms with Crippen LogP contribution in [-0.4, -0.2) is 28.0 Å². The summed E-state index contributed by atoms with van der Waals surface area (Å²) in [6.07, 6.45) is 5.95. The number of rotatable bonds is 3. The maximum atomic E-state index is 10.4. The van der Waals surface area contributed by atoms with Crippen LogP contribution < -0.4 is 5.48 Å². The molecule has 0 radical (unpaired) electrons. The molecule has 0 saturated heterocycles. The Labute approximate surface area is 111 Å². The average Bonchev–Trinajstić information content (AvgIpc) is 2.46. The number of hydrogen-bond donors (Lipinski definition) is 3. The van der Waals surface area contributed by atoms with E-state index in [1.165, 1.54) is 0 Å². The van der Waals surface area contributed by atoms with Crippen LogP contribution in [0.15, 0.2) is 42.2 Å². The number of anilines is 1. The fraction of sp³-hybridized carbons (Fsp3) is 0.214. The lowest BCUT2D eigenvalue weighted by atomic mass is 10.1. The summed E-state index contributed by atoms with van der Waals surface area (Å²) < 4.78 is 6.25. The first-order chi connectivity index (χ1) is 9.17. The Hall–Kier alpha value is -2.27. The predicted molar refractivity (Wildman–Crippen MR) is 72.2 cm³/mol. The van der Waals surface area contributed by atoms with Crippen molar-refractivity contribution in [3.63, 3.8) is 0 Å². The number of nitrogens with zero attached hydrogens (tertiary/aromatic N) is 1. The molecule has 3 N–H and O–H groups in total. The minimum atomic E-state index is 0.442. The number of para-hydroxylation sites is 1. The number of nitrogens with one attached hydrogen (secondary N) is 1. The van der Waals surface area contributed by atoms with Crippen LogP contribution in [-0.2, 0) is 4.74 Å². The highest BCUT2D eigenvalue weighted by molar-refractivity contribution is 5.94. The van der Waals surface area contributed by atoms with E-state index in [4.69, 9.17) is 9.94 Å². The number of hydrogen-bond acceptors (Lipinski definition) is 4. The summed E-state index contributed by atoms with van der Waals surface area (Å²) in [6, 6.07) is 5.35. The van der Waals surface area contributed by atoms with Crippen LogP contribution in [0, 0.1) is 6.92 Å². The zero-order chi connectivity index (χ0) is 13.8. The van der Waals surface area contributed by atoms with Crippen LogP contribution in [0.1, 0.15) is 12.0 Å². The molecule has 5 heteroatoms. The Kier molecular flexibility index (Phi) is 3.87. The minimum Gasteiger partial charge on any atom is -0.501 e. The van der Waals surface area contributed by atoms with Gasteiger partial charge in [0.2, 0.25) is 5.71 Å². The molecule has 0 aromatic heterocycles. The van der Waals surface area contributed by atoms with Crippen molar-refractivity contribution in [3.05, 3.63) is 47.7 Å². The molecule has 0 fully saturated rings. The highest BCUT2D eigenvalue weighted by Gasteiger charge is 2.24. The summed E-state index contributed by atoms with van der Waals surface area (Å²) in [5, 5.41) is 19.5. The molecule has 0 spiro atoms. The fourth-order valence-electron chi connectivity index (χ4n) is 2.02. The van der Waals surface area contributed by atoms with Gasteiger partial charge in [-0.05, 0) is 19.1 Å². The van der Waals surface area contributed by atoms with Gasteiger partial charge in [-0.2, -0.15) is 0 Å². The molecule has 19 heavy (non-hydrogen) atoms. The molecular weight excluding hydrogens is 244 g/mol. The number of benzene rings is 1. The summed E-state index contributed by atoms with van der Waals surface area (Å²) in [5.41, 5.74) is 4.57. The first kappa shape index (κ1) is 13.2. The van der Waals surface area contributed by atoms with Gasteiger partial charge in [-0.1, -0.05) is 18.2 Å². The first-order valence-corrected chi connectivity index (χ1v) is 5.93. The third-order valence-corrected chi connectivity index (χ3v) is 3.03. The number of aryl methyl sites for hydroxylation is 1. The number of allylic oxidation sites excluding steroid dienone is 4. The number of methoxy groups -OCH3 is 1. The van der Waals surface area contributed by atoms with Crippen molar-refractivity contribution in [2.24, 2.45) is 0 Å². The van der Waals surface area contributed by atoms with Crippen molar-refractivity contribution in [1.29, 1.82) is 0 Å². The molecule has 1 aromatic rings. The van der Waals surface area contributed by atoms with E-state index in [9.17, 15) is 5.21 Å². The van der Waals surface area contributed by atoms with E-state index in [1.807, 2.05) is 25.1 Å². The van der Waals surface area contributed by atoms with Gasteiger partial charge in [-0.3, -0.25) is 15.9 Å². The summed E-state index contributed by atoms with van der Waals surface area (Å²) in [4.78, 5) is 0. The monoisotopic (exact) mass is 261 g/mol. The molecule has 0 bridgehead atoms. The van der Waals surface area contributed by atoms with Crippen molar-refractivity contribution in [3.8, 4) is 0 Å². The second-order valence-corrected chi connectivity index (χ2v) is 4.26. The van der Waals surface area contributed by atoms with Crippen LogP contribution in [0.25, 0.3) is 0 Å². The lowest BCUT2D eigenvalue weighted by Gasteiger charge is -2.09. The molecule has 5 nitrogen and oxygen atoms in total. The molecule has 0 atom stereocenters. The molecule has 100 valence electrons. The Morgan fingerprint density at radius 1 is 1.37 bits per heavy atom. The van der Waals surface area contributed by atoms with Crippen molar-refractivity contribution in [2.45, 2.75) is 13.3 Å². The molecule has 0 unspecified atom stereocenters. The zero-order valence-corrected chi connectivity index (χ0v) is 10.9. The van der Waals surface area contributed by atoms with Gasteiger partial charge in [0.1, 0.15) is 11.4 Å². The largest absolute Gasteiger partial charge is 0.501 e. The second-order valence-electron chi connectivity index (χ2n) is 4.26. The van der Waals surface area contributed by atoms with E-state index in [0.29, 0.717) is 23.5 Å². The van der Waals surface area contributed by atoms with Crippen LogP contribution in [0.3, 0.4) is 0 Å². The average molecular weight is 261 g/mol.